The maximum Gasteiger partial charge on any atom is 0.274 e. The summed E-state index contributed by atoms with van der Waals surface area (Å²) in [5.74, 6) is -1.90. The first kappa shape index (κ1) is 26.2. The van der Waals surface area contributed by atoms with Crippen LogP contribution in [-0.2, 0) is 4.74 Å². The van der Waals surface area contributed by atoms with Gasteiger partial charge in [-0.1, -0.05) is 11.6 Å². The molecule has 210 valence electrons. The number of anilines is 1. The first-order valence-corrected chi connectivity index (χ1v) is 13.8. The maximum atomic E-state index is 16.3. The number of halogens is 4. The molecule has 3 fully saturated rings. The second-order valence-electron chi connectivity index (χ2n) is 11.0. The topological polar surface area (TPSA) is 73.1 Å². The summed E-state index contributed by atoms with van der Waals surface area (Å²) >= 11 is 6.61. The van der Waals surface area contributed by atoms with Gasteiger partial charge in [0.05, 0.1) is 30.6 Å². The van der Waals surface area contributed by atoms with E-state index in [9.17, 15) is 9.18 Å². The van der Waals surface area contributed by atoms with E-state index in [-0.39, 0.29) is 51.8 Å². The molecule has 3 aliphatic rings. The van der Waals surface area contributed by atoms with Crippen LogP contribution in [0.1, 0.15) is 47.1 Å². The van der Waals surface area contributed by atoms with Crippen LogP contribution in [0.25, 0.3) is 16.9 Å². The molecule has 7 rings (SSSR count). The normalized spacial score (nSPS) is 22.9. The van der Waals surface area contributed by atoms with Gasteiger partial charge in [0.2, 0.25) is 0 Å². The molecule has 11 heteroatoms. The van der Waals surface area contributed by atoms with Crippen LogP contribution in [0, 0.1) is 31.3 Å². The second-order valence-corrected chi connectivity index (χ2v) is 11.4. The van der Waals surface area contributed by atoms with Crippen molar-refractivity contribution in [3.63, 3.8) is 0 Å². The molecule has 0 spiro atoms. The van der Waals surface area contributed by atoms with Crippen molar-refractivity contribution in [1.82, 2.24) is 19.5 Å². The molecule has 0 amide bonds. The van der Waals surface area contributed by atoms with Crippen molar-refractivity contribution >= 4 is 17.4 Å². The smallest absolute Gasteiger partial charge is 0.274 e. The Morgan fingerprint density at radius 3 is 2.59 bits per heavy atom. The minimum Gasteiger partial charge on any atom is -0.374 e. The highest BCUT2D eigenvalue weighted by Gasteiger charge is 2.43. The summed E-state index contributed by atoms with van der Waals surface area (Å²) in [6.07, 6.45) is 7.12. The highest BCUT2D eigenvalue weighted by atomic mass is 35.5. The number of aromatic nitrogens is 4. The van der Waals surface area contributed by atoms with E-state index >= 15 is 8.78 Å². The summed E-state index contributed by atoms with van der Waals surface area (Å²) in [6, 6.07) is 4.60. The average molecular weight is 580 g/mol. The Bertz CT molecular complexity index is 1780. The molecule has 2 bridgehead atoms. The van der Waals surface area contributed by atoms with Gasteiger partial charge in [0, 0.05) is 36.4 Å². The lowest BCUT2D eigenvalue weighted by atomic mass is 10.0. The van der Waals surface area contributed by atoms with E-state index in [2.05, 4.69) is 15.0 Å². The van der Waals surface area contributed by atoms with Gasteiger partial charge in [-0.3, -0.25) is 19.3 Å². The Balaban J connectivity index is 1.28. The minimum atomic E-state index is -0.837. The predicted molar refractivity (Wildman–Crippen MR) is 147 cm³/mol. The monoisotopic (exact) mass is 579 g/mol. The number of hydrogen-bond acceptors (Lipinski definition) is 6. The maximum absolute atomic E-state index is 16.3. The third-order valence-corrected chi connectivity index (χ3v) is 8.78. The molecule has 0 unspecified atom stereocenters. The van der Waals surface area contributed by atoms with Crippen molar-refractivity contribution in [3.05, 3.63) is 98.2 Å². The molecule has 0 aromatic carbocycles. The Kier molecular flexibility index (Phi) is 6.17. The van der Waals surface area contributed by atoms with E-state index in [0.717, 1.165) is 18.2 Å². The van der Waals surface area contributed by atoms with E-state index < -0.39 is 23.0 Å². The van der Waals surface area contributed by atoms with Gasteiger partial charge < -0.3 is 9.64 Å². The molecule has 2 saturated heterocycles. The molecule has 0 radical (unpaired) electrons. The van der Waals surface area contributed by atoms with Gasteiger partial charge in [0.15, 0.2) is 17.5 Å². The van der Waals surface area contributed by atoms with Crippen LogP contribution in [-0.4, -0.2) is 44.8 Å². The van der Waals surface area contributed by atoms with Crippen LogP contribution in [0.2, 0.25) is 5.02 Å². The van der Waals surface area contributed by atoms with E-state index in [1.165, 1.54) is 29.1 Å². The van der Waals surface area contributed by atoms with Crippen molar-refractivity contribution in [2.45, 2.75) is 50.7 Å². The Morgan fingerprint density at radius 2 is 1.85 bits per heavy atom. The molecule has 6 heterocycles. The van der Waals surface area contributed by atoms with Gasteiger partial charge in [-0.2, -0.15) is 0 Å². The molecule has 0 N–H and O–H groups in total. The number of ether oxygens (including phenoxy) is 1. The van der Waals surface area contributed by atoms with Crippen molar-refractivity contribution in [3.8, 4) is 16.9 Å². The van der Waals surface area contributed by atoms with Gasteiger partial charge in [0.25, 0.3) is 5.56 Å². The third kappa shape index (κ3) is 4.23. The molecule has 2 aliphatic heterocycles. The average Bonchev–Trinajstić information content (AvgIpc) is 3.45. The molecule has 41 heavy (non-hydrogen) atoms. The predicted octanol–water partition coefficient (Wildman–Crippen LogP) is 5.63. The van der Waals surface area contributed by atoms with Crippen LogP contribution in [0.3, 0.4) is 0 Å². The Hall–Kier alpha value is -3.76. The summed E-state index contributed by atoms with van der Waals surface area (Å²) in [5, 5.41) is -0.0340. The van der Waals surface area contributed by atoms with E-state index in [0.29, 0.717) is 36.4 Å². The zero-order valence-corrected chi connectivity index (χ0v) is 23.0. The SMILES string of the molecule is Cc1cnc(-c2ccnc(N3C[C@H]4C[C@@H]3CO4)c2F)c(F)c1-n1c(C)cc([C@H]2C[C@@H]2c2cncc(F)c2)c(Cl)c1=O. The second kappa shape index (κ2) is 9.66. The van der Waals surface area contributed by atoms with Gasteiger partial charge in [-0.25, -0.2) is 18.2 Å². The molecular formula is C30H25ClF3N5O2. The molecular weight excluding hydrogens is 555 g/mol. The van der Waals surface area contributed by atoms with E-state index in [4.69, 9.17) is 16.3 Å². The third-order valence-electron chi connectivity index (χ3n) is 8.40. The fourth-order valence-electron chi connectivity index (χ4n) is 6.32. The number of rotatable bonds is 5. The molecule has 1 saturated carbocycles. The van der Waals surface area contributed by atoms with Crippen LogP contribution in [0.15, 0.2) is 47.8 Å². The highest BCUT2D eigenvalue weighted by molar-refractivity contribution is 6.31. The van der Waals surface area contributed by atoms with Crippen molar-refractivity contribution in [2.75, 3.05) is 18.1 Å². The van der Waals surface area contributed by atoms with E-state index in [1.54, 1.807) is 26.1 Å². The first-order chi connectivity index (χ1) is 19.7. The molecule has 4 aromatic rings. The summed E-state index contributed by atoms with van der Waals surface area (Å²) in [5.41, 5.74) is 1.31. The van der Waals surface area contributed by atoms with Gasteiger partial charge in [-0.15, -0.1) is 0 Å². The van der Waals surface area contributed by atoms with Crippen molar-refractivity contribution in [1.29, 1.82) is 0 Å². The molecule has 4 atom stereocenters. The number of pyridine rings is 4. The number of nitrogens with zero attached hydrogens (tertiary/aromatic N) is 5. The summed E-state index contributed by atoms with van der Waals surface area (Å²) in [7, 11) is 0. The number of fused-ring (bicyclic) bond motifs is 2. The molecule has 7 nitrogen and oxygen atoms in total. The van der Waals surface area contributed by atoms with Crippen LogP contribution in [0.4, 0.5) is 19.0 Å². The van der Waals surface area contributed by atoms with Gasteiger partial charge >= 0.3 is 0 Å². The van der Waals surface area contributed by atoms with Crippen LogP contribution < -0.4 is 10.5 Å². The van der Waals surface area contributed by atoms with Gasteiger partial charge in [-0.05, 0) is 73.4 Å². The van der Waals surface area contributed by atoms with Crippen molar-refractivity contribution < 1.29 is 17.9 Å². The fourth-order valence-corrected chi connectivity index (χ4v) is 6.60. The summed E-state index contributed by atoms with van der Waals surface area (Å²) in [4.78, 5) is 27.9. The Morgan fingerprint density at radius 1 is 1.02 bits per heavy atom. The Labute approximate surface area is 238 Å². The first-order valence-electron chi connectivity index (χ1n) is 13.4. The lowest BCUT2D eigenvalue weighted by Crippen LogP contribution is -2.38. The van der Waals surface area contributed by atoms with Gasteiger partial charge in [0.1, 0.15) is 16.5 Å². The summed E-state index contributed by atoms with van der Waals surface area (Å²) < 4.78 is 52.7. The highest BCUT2D eigenvalue weighted by Crippen LogP contribution is 2.55. The minimum absolute atomic E-state index is 0.0161. The van der Waals surface area contributed by atoms with Crippen molar-refractivity contribution in [2.24, 2.45) is 0 Å². The number of aryl methyl sites for hydroxylation is 2. The van der Waals surface area contributed by atoms with Crippen LogP contribution >= 0.6 is 11.6 Å². The molecule has 1 aliphatic carbocycles. The van der Waals surface area contributed by atoms with E-state index in [1.807, 2.05) is 4.90 Å². The lowest BCUT2D eigenvalue weighted by Gasteiger charge is -2.28. The van der Waals surface area contributed by atoms with Crippen LogP contribution in [0.5, 0.6) is 0 Å². The molecule has 4 aromatic heterocycles. The standard InChI is InChI=1S/C30H25ClF3N5O2/c1-14-9-37-27(20-3-4-36-29(25(20)33)38-12-19-7-18(38)13-41-19)26(34)28(14)39-15(2)5-23(24(31)30(39)40)22-8-21(22)16-6-17(32)11-35-10-16/h3-6,9-11,18-19,21-22H,7-8,12-13H2,1-2H3/t18-,19-,21-,22+/m1/s1. The fraction of sp³-hybridized carbons (Fsp3) is 0.333. The lowest BCUT2D eigenvalue weighted by molar-refractivity contribution is 0.0986. The number of hydrogen-bond donors (Lipinski definition) is 0. The zero-order chi connectivity index (χ0) is 28.6. The zero-order valence-electron chi connectivity index (χ0n) is 22.2. The quantitative estimate of drug-likeness (QED) is 0.305. The largest absolute Gasteiger partial charge is 0.374 e. The summed E-state index contributed by atoms with van der Waals surface area (Å²) in [6.45, 7) is 4.34. The number of morpholine rings is 1.